The molecular weight excluding hydrogens is 176 g/mol. The van der Waals surface area contributed by atoms with Gasteiger partial charge >= 0.3 is 0 Å². The zero-order chi connectivity index (χ0) is 10.4. The average molecular weight is 200 g/mol. The Morgan fingerprint density at radius 3 is 2.79 bits per heavy atom. The zero-order valence-corrected chi connectivity index (χ0v) is 9.54. The lowest BCUT2D eigenvalue weighted by atomic mass is 10.0. The van der Waals surface area contributed by atoms with Crippen LogP contribution in [0.2, 0.25) is 0 Å². The number of nitrogens with two attached hydrogens (primary N) is 1. The number of hydrogen-bond acceptors (Lipinski definition) is 3. The highest BCUT2D eigenvalue weighted by molar-refractivity contribution is 4.85. The minimum absolute atomic E-state index is 0.708. The molecule has 0 aromatic heterocycles. The van der Waals surface area contributed by atoms with E-state index >= 15 is 0 Å². The number of rotatable bonds is 6. The molecule has 0 spiro atoms. The Bertz CT molecular complexity index is 152. The molecule has 0 radical (unpaired) electrons. The van der Waals surface area contributed by atoms with Crippen molar-refractivity contribution in [1.82, 2.24) is 4.90 Å². The summed E-state index contributed by atoms with van der Waals surface area (Å²) in [6.45, 7) is 6.07. The lowest BCUT2D eigenvalue weighted by molar-refractivity contribution is 0.109. The fourth-order valence-corrected chi connectivity index (χ4v) is 2.54. The normalized spacial score (nSPS) is 27.4. The predicted molar refractivity (Wildman–Crippen MR) is 59.3 cm³/mol. The van der Waals surface area contributed by atoms with E-state index in [4.69, 9.17) is 10.5 Å². The van der Waals surface area contributed by atoms with Crippen molar-refractivity contribution < 1.29 is 4.74 Å². The molecule has 3 nitrogen and oxygen atoms in total. The highest BCUT2D eigenvalue weighted by atomic mass is 16.5. The van der Waals surface area contributed by atoms with Gasteiger partial charge in [0.2, 0.25) is 0 Å². The third kappa shape index (κ3) is 2.94. The van der Waals surface area contributed by atoms with Gasteiger partial charge in [-0.2, -0.15) is 0 Å². The van der Waals surface area contributed by atoms with E-state index in [2.05, 4.69) is 11.8 Å². The molecule has 3 heteroatoms. The Balaban J connectivity index is 2.41. The average Bonchev–Trinajstić information content (AvgIpc) is 2.67. The van der Waals surface area contributed by atoms with Crippen molar-refractivity contribution in [3.05, 3.63) is 0 Å². The maximum atomic E-state index is 5.79. The molecule has 0 aromatic carbocycles. The Hall–Kier alpha value is -0.120. The van der Waals surface area contributed by atoms with Crippen LogP contribution in [0.25, 0.3) is 0 Å². The first-order valence-electron chi connectivity index (χ1n) is 5.76. The summed E-state index contributed by atoms with van der Waals surface area (Å²) in [5.41, 5.74) is 5.79. The molecule has 2 N–H and O–H groups in total. The van der Waals surface area contributed by atoms with Gasteiger partial charge in [-0.3, -0.25) is 4.90 Å². The van der Waals surface area contributed by atoms with Crippen molar-refractivity contribution in [2.75, 3.05) is 33.4 Å². The first-order valence-corrected chi connectivity index (χ1v) is 5.76. The lowest BCUT2D eigenvalue weighted by Crippen LogP contribution is -2.41. The maximum absolute atomic E-state index is 5.79. The largest absolute Gasteiger partial charge is 0.383 e. The van der Waals surface area contributed by atoms with Crippen LogP contribution in [0, 0.1) is 5.92 Å². The van der Waals surface area contributed by atoms with E-state index in [1.54, 1.807) is 7.11 Å². The summed E-state index contributed by atoms with van der Waals surface area (Å²) in [5.74, 6) is 0.715. The fourth-order valence-electron chi connectivity index (χ4n) is 2.54. The van der Waals surface area contributed by atoms with Gasteiger partial charge in [-0.15, -0.1) is 0 Å². The van der Waals surface area contributed by atoms with Crippen molar-refractivity contribution >= 4 is 0 Å². The third-order valence-electron chi connectivity index (χ3n) is 3.38. The molecule has 84 valence electrons. The Morgan fingerprint density at radius 1 is 1.43 bits per heavy atom. The van der Waals surface area contributed by atoms with Gasteiger partial charge in [0, 0.05) is 19.7 Å². The number of likely N-dealkylation sites (N-methyl/N-ethyl adjacent to an activating group) is 1. The molecule has 0 amide bonds. The van der Waals surface area contributed by atoms with Gasteiger partial charge in [0.05, 0.1) is 6.61 Å². The monoisotopic (exact) mass is 200 g/mol. The van der Waals surface area contributed by atoms with Crippen molar-refractivity contribution in [2.45, 2.75) is 32.2 Å². The number of methoxy groups -OCH3 is 1. The van der Waals surface area contributed by atoms with Gasteiger partial charge < -0.3 is 10.5 Å². The molecule has 1 aliphatic carbocycles. The molecule has 1 rings (SSSR count). The van der Waals surface area contributed by atoms with Crippen LogP contribution in [0.15, 0.2) is 0 Å². The highest BCUT2D eigenvalue weighted by Crippen LogP contribution is 2.28. The van der Waals surface area contributed by atoms with Gasteiger partial charge in [0.25, 0.3) is 0 Å². The quantitative estimate of drug-likeness (QED) is 0.697. The van der Waals surface area contributed by atoms with E-state index in [-0.39, 0.29) is 0 Å². The lowest BCUT2D eigenvalue weighted by Gasteiger charge is -2.31. The summed E-state index contributed by atoms with van der Waals surface area (Å²) in [6.07, 6.45) is 3.97. The Labute approximate surface area is 87.6 Å². The topological polar surface area (TPSA) is 38.5 Å². The first-order chi connectivity index (χ1) is 6.83. The molecule has 2 unspecified atom stereocenters. The molecule has 1 saturated carbocycles. The van der Waals surface area contributed by atoms with Crippen LogP contribution >= 0.6 is 0 Å². The van der Waals surface area contributed by atoms with Crippen molar-refractivity contribution in [3.63, 3.8) is 0 Å². The fraction of sp³-hybridized carbons (Fsp3) is 1.00. The summed E-state index contributed by atoms with van der Waals surface area (Å²) < 4.78 is 5.13. The molecule has 14 heavy (non-hydrogen) atoms. The van der Waals surface area contributed by atoms with Crippen molar-refractivity contribution in [3.8, 4) is 0 Å². The second-order valence-electron chi connectivity index (χ2n) is 4.12. The summed E-state index contributed by atoms with van der Waals surface area (Å²) in [4.78, 5) is 2.52. The van der Waals surface area contributed by atoms with Gasteiger partial charge in [-0.1, -0.05) is 13.3 Å². The van der Waals surface area contributed by atoms with E-state index < -0.39 is 0 Å². The van der Waals surface area contributed by atoms with E-state index in [0.29, 0.717) is 12.0 Å². The third-order valence-corrected chi connectivity index (χ3v) is 3.38. The van der Waals surface area contributed by atoms with E-state index in [9.17, 15) is 0 Å². The van der Waals surface area contributed by atoms with E-state index in [1.807, 2.05) is 0 Å². The van der Waals surface area contributed by atoms with Crippen LogP contribution in [-0.2, 0) is 4.74 Å². The van der Waals surface area contributed by atoms with Crippen LogP contribution in [-0.4, -0.2) is 44.3 Å². The molecule has 2 atom stereocenters. The maximum Gasteiger partial charge on any atom is 0.0589 e. The van der Waals surface area contributed by atoms with Crippen LogP contribution in [0.1, 0.15) is 26.2 Å². The van der Waals surface area contributed by atoms with Gasteiger partial charge in [-0.25, -0.2) is 0 Å². The van der Waals surface area contributed by atoms with Crippen LogP contribution < -0.4 is 5.73 Å². The van der Waals surface area contributed by atoms with Gasteiger partial charge in [0.1, 0.15) is 0 Å². The second-order valence-corrected chi connectivity index (χ2v) is 4.12. The smallest absolute Gasteiger partial charge is 0.0589 e. The zero-order valence-electron chi connectivity index (χ0n) is 9.54. The summed E-state index contributed by atoms with van der Waals surface area (Å²) in [5, 5.41) is 0. The molecule has 1 fully saturated rings. The Morgan fingerprint density at radius 2 is 2.21 bits per heavy atom. The Kier molecular flexibility index (Phi) is 5.45. The number of ether oxygens (including phenoxy) is 1. The van der Waals surface area contributed by atoms with Crippen LogP contribution in [0.3, 0.4) is 0 Å². The first kappa shape index (κ1) is 12.0. The number of nitrogens with zero attached hydrogens (tertiary/aromatic N) is 1. The van der Waals surface area contributed by atoms with Crippen LogP contribution in [0.4, 0.5) is 0 Å². The molecule has 0 saturated heterocycles. The molecular formula is C11H24N2O. The standard InChI is InChI=1S/C11H24N2O/c1-3-13(7-8-14-2)11-6-4-5-10(11)9-12/h10-11H,3-9,12H2,1-2H3. The SMILES string of the molecule is CCN(CCOC)C1CCCC1CN. The predicted octanol–water partition coefficient (Wildman–Crippen LogP) is 1.08. The highest BCUT2D eigenvalue weighted by Gasteiger charge is 2.29. The minimum atomic E-state index is 0.708. The molecule has 0 bridgehead atoms. The molecule has 0 heterocycles. The van der Waals surface area contributed by atoms with Gasteiger partial charge in [0.15, 0.2) is 0 Å². The second kappa shape index (κ2) is 6.38. The summed E-state index contributed by atoms with van der Waals surface area (Å²) in [6, 6.07) is 0.708. The van der Waals surface area contributed by atoms with Crippen molar-refractivity contribution in [1.29, 1.82) is 0 Å². The van der Waals surface area contributed by atoms with E-state index in [1.165, 1.54) is 19.3 Å². The minimum Gasteiger partial charge on any atom is -0.383 e. The van der Waals surface area contributed by atoms with Gasteiger partial charge in [-0.05, 0) is 31.8 Å². The summed E-state index contributed by atoms with van der Waals surface area (Å²) in [7, 11) is 1.77. The molecule has 0 aromatic rings. The number of hydrogen-bond donors (Lipinski definition) is 1. The van der Waals surface area contributed by atoms with E-state index in [0.717, 1.165) is 26.2 Å². The summed E-state index contributed by atoms with van der Waals surface area (Å²) >= 11 is 0. The van der Waals surface area contributed by atoms with Crippen molar-refractivity contribution in [2.24, 2.45) is 11.7 Å². The molecule has 1 aliphatic rings. The van der Waals surface area contributed by atoms with Crippen LogP contribution in [0.5, 0.6) is 0 Å². The molecule has 0 aliphatic heterocycles.